The van der Waals surface area contributed by atoms with E-state index in [1.807, 2.05) is 0 Å². The van der Waals surface area contributed by atoms with Crippen molar-refractivity contribution < 1.29 is 24.5 Å². The maximum Gasteiger partial charge on any atom is 0.305 e. The number of ether oxygens (including phenoxy) is 1. The fourth-order valence-electron chi connectivity index (χ4n) is 12.5. The maximum atomic E-state index is 12.5. The molecular weight excluding hydrogens is 1080 g/mol. The summed E-state index contributed by atoms with van der Waals surface area (Å²) in [7, 11) is 0. The third-order valence-electron chi connectivity index (χ3n) is 18.6. The predicted molar refractivity (Wildman–Crippen MR) is 389 cm³/mol. The molecule has 0 heterocycles. The summed E-state index contributed by atoms with van der Waals surface area (Å²) in [5, 5.41) is 23.4. The summed E-state index contributed by atoms with van der Waals surface area (Å²) < 4.78 is 5.51. The predicted octanol–water partition coefficient (Wildman–Crippen LogP) is 26.4. The number of esters is 1. The monoisotopic (exact) mass is 1230 g/mol. The van der Waals surface area contributed by atoms with Crippen LogP contribution in [0.4, 0.5) is 0 Å². The Balaban J connectivity index is 3.36. The molecule has 0 aromatic carbocycles. The minimum Gasteiger partial charge on any atom is -0.466 e. The van der Waals surface area contributed by atoms with E-state index in [4.69, 9.17) is 4.74 Å². The quantitative estimate of drug-likeness (QED) is 0.0320. The van der Waals surface area contributed by atoms with Gasteiger partial charge >= 0.3 is 5.97 Å². The average Bonchev–Trinajstić information content (AvgIpc) is 3.58. The van der Waals surface area contributed by atoms with Crippen LogP contribution in [0, 0.1) is 0 Å². The van der Waals surface area contributed by atoms with Gasteiger partial charge in [-0.1, -0.05) is 383 Å². The molecule has 0 aliphatic carbocycles. The van der Waals surface area contributed by atoms with Crippen LogP contribution in [0.1, 0.15) is 438 Å². The van der Waals surface area contributed by atoms with Crippen molar-refractivity contribution in [2.75, 3.05) is 13.2 Å². The molecule has 0 fully saturated rings. The van der Waals surface area contributed by atoms with Gasteiger partial charge in [0.05, 0.1) is 25.4 Å². The summed E-state index contributed by atoms with van der Waals surface area (Å²) in [5.41, 5.74) is 0. The number of aliphatic hydroxyl groups excluding tert-OH is 2. The fourth-order valence-corrected chi connectivity index (χ4v) is 12.5. The smallest absolute Gasteiger partial charge is 0.305 e. The first-order chi connectivity index (χ1) is 43.5. The van der Waals surface area contributed by atoms with Gasteiger partial charge in [0.15, 0.2) is 0 Å². The highest BCUT2D eigenvalue weighted by atomic mass is 16.5. The Labute approximate surface area is 550 Å². The van der Waals surface area contributed by atoms with Crippen LogP contribution in [0.25, 0.3) is 0 Å². The van der Waals surface area contributed by atoms with Gasteiger partial charge in [-0.25, -0.2) is 0 Å². The molecule has 3 N–H and O–H groups in total. The molecule has 6 nitrogen and oxygen atoms in total. The normalized spacial score (nSPS) is 12.7. The van der Waals surface area contributed by atoms with Gasteiger partial charge in [0.2, 0.25) is 5.91 Å². The molecule has 0 bridgehead atoms. The molecule has 0 spiro atoms. The second kappa shape index (κ2) is 77.3. The fraction of sp³-hybridized carbons (Fsp3) is 0.878. The molecule has 2 atom stereocenters. The molecule has 0 aromatic heterocycles. The van der Waals surface area contributed by atoms with E-state index in [0.29, 0.717) is 25.9 Å². The molecule has 0 saturated heterocycles. The third-order valence-corrected chi connectivity index (χ3v) is 18.6. The largest absolute Gasteiger partial charge is 0.466 e. The van der Waals surface area contributed by atoms with E-state index in [0.717, 1.165) is 57.8 Å². The summed E-state index contributed by atoms with van der Waals surface area (Å²) >= 11 is 0. The summed E-state index contributed by atoms with van der Waals surface area (Å²) in [6, 6.07) is -0.540. The lowest BCUT2D eigenvalue weighted by atomic mass is 10.0. The Bertz CT molecular complexity index is 1470. The van der Waals surface area contributed by atoms with Crippen molar-refractivity contribution in [1.29, 1.82) is 0 Å². The van der Waals surface area contributed by atoms with Crippen molar-refractivity contribution in [2.45, 2.75) is 450 Å². The van der Waals surface area contributed by atoms with Crippen LogP contribution in [-0.4, -0.2) is 47.4 Å². The van der Waals surface area contributed by atoms with Crippen molar-refractivity contribution in [3.63, 3.8) is 0 Å². The van der Waals surface area contributed by atoms with E-state index < -0.39 is 12.1 Å². The van der Waals surface area contributed by atoms with Crippen LogP contribution < -0.4 is 5.32 Å². The number of carbonyl (C=O) groups is 2. The minimum absolute atomic E-state index is 0.0135. The summed E-state index contributed by atoms with van der Waals surface area (Å²) in [6.07, 6.45) is 102. The van der Waals surface area contributed by atoms with Gasteiger partial charge in [-0.15, -0.1) is 0 Å². The number of rotatable bonds is 75. The van der Waals surface area contributed by atoms with Crippen molar-refractivity contribution >= 4 is 11.9 Å². The number of hydrogen-bond donors (Lipinski definition) is 3. The first-order valence-corrected chi connectivity index (χ1v) is 39.9. The number of carbonyl (C=O) groups excluding carboxylic acids is 2. The molecule has 0 radical (unpaired) electrons. The van der Waals surface area contributed by atoms with E-state index in [-0.39, 0.29) is 18.5 Å². The molecule has 518 valence electrons. The third kappa shape index (κ3) is 72.9. The molecule has 0 aliphatic rings. The lowest BCUT2D eigenvalue weighted by molar-refractivity contribution is -0.143. The van der Waals surface area contributed by atoms with Crippen LogP contribution in [0.15, 0.2) is 48.6 Å². The Hall–Kier alpha value is -2.18. The van der Waals surface area contributed by atoms with Crippen LogP contribution in [-0.2, 0) is 14.3 Å². The van der Waals surface area contributed by atoms with Crippen LogP contribution in [0.5, 0.6) is 0 Å². The van der Waals surface area contributed by atoms with Crippen LogP contribution in [0.2, 0.25) is 0 Å². The first kappa shape index (κ1) is 85.8. The molecular formula is C82H155NO5. The molecule has 0 rings (SSSR count). The Morgan fingerprint density at radius 2 is 0.568 bits per heavy atom. The lowest BCUT2D eigenvalue weighted by Gasteiger charge is -2.22. The van der Waals surface area contributed by atoms with E-state index in [1.54, 1.807) is 0 Å². The van der Waals surface area contributed by atoms with Gasteiger partial charge in [-0.3, -0.25) is 9.59 Å². The van der Waals surface area contributed by atoms with Crippen molar-refractivity contribution in [3.8, 4) is 0 Å². The van der Waals surface area contributed by atoms with E-state index in [2.05, 4.69) is 67.8 Å². The standard InChI is InChI=1S/C82H155NO5/c1-3-5-7-9-11-13-15-17-19-21-39-44-48-52-56-60-64-68-72-76-82(87)88-77-73-69-65-61-57-53-49-45-41-38-36-34-32-30-28-26-24-22-23-25-27-29-31-33-35-37-40-43-47-51-55-59-63-67-71-75-81(86)83-79(78-84)80(85)74-70-66-62-58-54-50-46-42-20-18-16-14-12-10-8-6-4-2/h11,13,17,19,24,26,30,32,79-80,84-85H,3-10,12,14-16,18,20-23,25,27-29,31,33-78H2,1-2H3,(H,83,86)/b13-11-,19-17-,26-24-,32-30-. The summed E-state index contributed by atoms with van der Waals surface area (Å²) in [6.45, 7) is 4.97. The molecule has 0 saturated carbocycles. The number of nitrogens with one attached hydrogen (secondary N) is 1. The van der Waals surface area contributed by atoms with Crippen molar-refractivity contribution in [2.24, 2.45) is 0 Å². The Morgan fingerprint density at radius 1 is 0.318 bits per heavy atom. The van der Waals surface area contributed by atoms with Gasteiger partial charge in [-0.05, 0) is 89.9 Å². The highest BCUT2D eigenvalue weighted by Crippen LogP contribution is 2.19. The number of aliphatic hydroxyl groups is 2. The van der Waals surface area contributed by atoms with Crippen molar-refractivity contribution in [3.05, 3.63) is 48.6 Å². The molecule has 6 heteroatoms. The molecule has 88 heavy (non-hydrogen) atoms. The molecule has 0 aromatic rings. The Morgan fingerprint density at radius 3 is 0.886 bits per heavy atom. The summed E-state index contributed by atoms with van der Waals surface area (Å²) in [5.74, 6) is -0.0155. The second-order valence-corrected chi connectivity index (χ2v) is 27.4. The number of hydrogen-bond acceptors (Lipinski definition) is 5. The number of amides is 1. The van der Waals surface area contributed by atoms with Gasteiger partial charge < -0.3 is 20.3 Å². The highest BCUT2D eigenvalue weighted by molar-refractivity contribution is 5.76. The van der Waals surface area contributed by atoms with Crippen molar-refractivity contribution in [1.82, 2.24) is 5.32 Å². The highest BCUT2D eigenvalue weighted by Gasteiger charge is 2.20. The zero-order valence-electron chi connectivity index (χ0n) is 59.5. The van der Waals surface area contributed by atoms with Gasteiger partial charge in [0.25, 0.3) is 0 Å². The van der Waals surface area contributed by atoms with E-state index in [1.165, 1.54) is 347 Å². The first-order valence-electron chi connectivity index (χ1n) is 39.9. The van der Waals surface area contributed by atoms with Crippen LogP contribution >= 0.6 is 0 Å². The van der Waals surface area contributed by atoms with Gasteiger partial charge in [0.1, 0.15) is 0 Å². The average molecular weight is 1240 g/mol. The SMILES string of the molecule is CCCCC/C=C\C/C=C\CCCCCCCCCCCC(=O)OCCCCCCCCCCCCC/C=C\C/C=C\CCCCCCCCCCCCCCCCCCCC(=O)NC(CO)C(O)CCCCCCCCCCCCCCCCCCC. The maximum absolute atomic E-state index is 12.5. The Kier molecular flexibility index (Phi) is 75.4. The van der Waals surface area contributed by atoms with Gasteiger partial charge in [0, 0.05) is 12.8 Å². The lowest BCUT2D eigenvalue weighted by Crippen LogP contribution is -2.45. The topological polar surface area (TPSA) is 95.9 Å². The van der Waals surface area contributed by atoms with E-state index >= 15 is 0 Å². The minimum atomic E-state index is -0.663. The molecule has 2 unspecified atom stereocenters. The molecule has 1 amide bonds. The second-order valence-electron chi connectivity index (χ2n) is 27.4. The number of unbranched alkanes of at least 4 members (excludes halogenated alkanes) is 56. The zero-order chi connectivity index (χ0) is 63.5. The number of allylic oxidation sites excluding steroid dienone is 8. The molecule has 0 aliphatic heterocycles. The van der Waals surface area contributed by atoms with E-state index in [9.17, 15) is 19.8 Å². The zero-order valence-corrected chi connectivity index (χ0v) is 59.5. The summed E-state index contributed by atoms with van der Waals surface area (Å²) in [4.78, 5) is 24.7. The van der Waals surface area contributed by atoms with Crippen LogP contribution in [0.3, 0.4) is 0 Å². The van der Waals surface area contributed by atoms with Gasteiger partial charge in [-0.2, -0.15) is 0 Å².